The molecule has 0 spiro atoms. The van der Waals surface area contributed by atoms with E-state index in [4.69, 9.17) is 0 Å². The molecule has 1 fully saturated rings. The van der Waals surface area contributed by atoms with Gasteiger partial charge in [-0.3, -0.25) is 0 Å². The first-order valence-corrected chi connectivity index (χ1v) is 8.38. The maximum absolute atomic E-state index is 11.8. The largest absolute Gasteiger partial charge is 0.215 e. The number of hydrogen-bond acceptors (Lipinski definition) is 2. The van der Waals surface area contributed by atoms with Crippen molar-refractivity contribution in [1.82, 2.24) is 4.72 Å². The van der Waals surface area contributed by atoms with Crippen molar-refractivity contribution in [3.05, 3.63) is 0 Å². The SMILES string of the molecule is O=S(=O)(NCCCCBr)C1CCCCC1. The van der Waals surface area contributed by atoms with Crippen LogP contribution in [0.25, 0.3) is 0 Å². The lowest BCUT2D eigenvalue weighted by atomic mass is 10.0. The Morgan fingerprint density at radius 2 is 1.80 bits per heavy atom. The highest BCUT2D eigenvalue weighted by Gasteiger charge is 2.26. The minimum atomic E-state index is -3.03. The first-order valence-electron chi connectivity index (χ1n) is 5.71. The van der Waals surface area contributed by atoms with Crippen LogP contribution in [0.3, 0.4) is 0 Å². The normalized spacial score (nSPS) is 19.3. The summed E-state index contributed by atoms with van der Waals surface area (Å²) in [5.74, 6) is 0. The monoisotopic (exact) mass is 297 g/mol. The van der Waals surface area contributed by atoms with Gasteiger partial charge in [0.2, 0.25) is 10.0 Å². The molecule has 15 heavy (non-hydrogen) atoms. The number of rotatable bonds is 6. The summed E-state index contributed by atoms with van der Waals surface area (Å²) in [6.45, 7) is 0.588. The van der Waals surface area contributed by atoms with Gasteiger partial charge in [-0.1, -0.05) is 35.2 Å². The molecule has 0 aromatic rings. The van der Waals surface area contributed by atoms with Crippen molar-refractivity contribution >= 4 is 26.0 Å². The molecule has 1 rings (SSSR count). The van der Waals surface area contributed by atoms with E-state index >= 15 is 0 Å². The molecule has 90 valence electrons. The second-order valence-corrected chi connectivity index (χ2v) is 6.93. The molecule has 0 unspecified atom stereocenters. The summed E-state index contributed by atoms with van der Waals surface area (Å²) in [4.78, 5) is 0. The fourth-order valence-corrected chi connectivity index (χ4v) is 3.94. The Kier molecular flexibility index (Phi) is 6.16. The highest BCUT2D eigenvalue weighted by atomic mass is 79.9. The topological polar surface area (TPSA) is 46.2 Å². The van der Waals surface area contributed by atoms with Crippen LogP contribution < -0.4 is 4.72 Å². The van der Waals surface area contributed by atoms with Gasteiger partial charge in [0, 0.05) is 11.9 Å². The van der Waals surface area contributed by atoms with Gasteiger partial charge in [-0.25, -0.2) is 13.1 Å². The van der Waals surface area contributed by atoms with Crippen molar-refractivity contribution in [2.75, 3.05) is 11.9 Å². The molecule has 0 atom stereocenters. The van der Waals surface area contributed by atoms with Crippen LogP contribution in [-0.2, 0) is 10.0 Å². The van der Waals surface area contributed by atoms with E-state index in [9.17, 15) is 8.42 Å². The molecule has 1 aliphatic carbocycles. The average Bonchev–Trinajstić information content (AvgIpc) is 2.26. The van der Waals surface area contributed by atoms with Gasteiger partial charge in [-0.2, -0.15) is 0 Å². The molecular weight excluding hydrogens is 278 g/mol. The van der Waals surface area contributed by atoms with Crippen LogP contribution in [-0.4, -0.2) is 25.5 Å². The standard InChI is InChI=1S/C10H20BrNO2S/c11-8-4-5-9-12-15(13,14)10-6-2-1-3-7-10/h10,12H,1-9H2. The van der Waals surface area contributed by atoms with Gasteiger partial charge in [0.1, 0.15) is 0 Å². The Bertz CT molecular complexity index is 261. The smallest absolute Gasteiger partial charge is 0.214 e. The molecule has 0 saturated heterocycles. The first kappa shape index (κ1) is 13.5. The van der Waals surface area contributed by atoms with E-state index in [0.29, 0.717) is 6.54 Å². The van der Waals surface area contributed by atoms with Gasteiger partial charge in [-0.05, 0) is 25.7 Å². The van der Waals surface area contributed by atoms with E-state index in [0.717, 1.165) is 43.9 Å². The van der Waals surface area contributed by atoms with Crippen molar-refractivity contribution < 1.29 is 8.42 Å². The predicted octanol–water partition coefficient (Wildman–Crippen LogP) is 2.41. The van der Waals surface area contributed by atoms with Crippen molar-refractivity contribution in [2.45, 2.75) is 50.2 Å². The van der Waals surface area contributed by atoms with Crippen LogP contribution in [0, 0.1) is 0 Å². The van der Waals surface area contributed by atoms with Gasteiger partial charge in [0.15, 0.2) is 0 Å². The number of halogens is 1. The fourth-order valence-electron chi connectivity index (χ4n) is 1.93. The van der Waals surface area contributed by atoms with Crippen LogP contribution in [0.15, 0.2) is 0 Å². The first-order chi connectivity index (χ1) is 7.17. The summed E-state index contributed by atoms with van der Waals surface area (Å²) in [7, 11) is -3.03. The van der Waals surface area contributed by atoms with E-state index in [2.05, 4.69) is 20.7 Å². The summed E-state index contributed by atoms with van der Waals surface area (Å²) >= 11 is 3.33. The molecule has 1 saturated carbocycles. The quantitative estimate of drug-likeness (QED) is 0.604. The van der Waals surface area contributed by atoms with Gasteiger partial charge in [0.05, 0.1) is 5.25 Å². The van der Waals surface area contributed by atoms with Crippen molar-refractivity contribution in [3.8, 4) is 0 Å². The van der Waals surface area contributed by atoms with Gasteiger partial charge < -0.3 is 0 Å². The highest BCUT2D eigenvalue weighted by Crippen LogP contribution is 2.22. The maximum atomic E-state index is 11.8. The Hall–Kier alpha value is 0.390. The van der Waals surface area contributed by atoms with E-state index in [1.165, 1.54) is 6.42 Å². The number of alkyl halides is 1. The van der Waals surface area contributed by atoms with Crippen LogP contribution >= 0.6 is 15.9 Å². The summed E-state index contributed by atoms with van der Waals surface area (Å²) in [6, 6.07) is 0. The fraction of sp³-hybridized carbons (Fsp3) is 1.00. The zero-order valence-corrected chi connectivity index (χ0v) is 11.4. The molecule has 0 amide bonds. The van der Waals surface area contributed by atoms with Crippen molar-refractivity contribution in [1.29, 1.82) is 0 Å². The third-order valence-electron chi connectivity index (χ3n) is 2.85. The number of sulfonamides is 1. The zero-order valence-electron chi connectivity index (χ0n) is 9.04. The summed E-state index contributed by atoms with van der Waals surface area (Å²) in [5, 5.41) is 0.813. The molecule has 3 nitrogen and oxygen atoms in total. The van der Waals surface area contributed by atoms with Crippen LogP contribution in [0.2, 0.25) is 0 Å². The minimum Gasteiger partial charge on any atom is -0.215 e. The molecule has 0 aliphatic heterocycles. The van der Waals surface area contributed by atoms with Gasteiger partial charge in [-0.15, -0.1) is 0 Å². The van der Waals surface area contributed by atoms with Gasteiger partial charge >= 0.3 is 0 Å². The molecule has 0 radical (unpaired) electrons. The predicted molar refractivity (Wildman–Crippen MR) is 66.8 cm³/mol. The molecule has 1 aliphatic rings. The molecule has 1 N–H and O–H groups in total. The third-order valence-corrected chi connectivity index (χ3v) is 5.37. The van der Waals surface area contributed by atoms with E-state index in [-0.39, 0.29) is 5.25 Å². The lowest BCUT2D eigenvalue weighted by molar-refractivity contribution is 0.477. The summed E-state index contributed by atoms with van der Waals surface area (Å²) in [6.07, 6.45) is 6.93. The molecule has 0 heterocycles. The zero-order chi connectivity index (χ0) is 11.1. The van der Waals surface area contributed by atoms with Crippen molar-refractivity contribution in [2.24, 2.45) is 0 Å². The minimum absolute atomic E-state index is 0.129. The van der Waals surface area contributed by atoms with Crippen molar-refractivity contribution in [3.63, 3.8) is 0 Å². The Balaban J connectivity index is 2.30. The van der Waals surface area contributed by atoms with E-state index in [1.54, 1.807) is 0 Å². The van der Waals surface area contributed by atoms with Crippen LogP contribution in [0.5, 0.6) is 0 Å². The average molecular weight is 298 g/mol. The van der Waals surface area contributed by atoms with E-state index in [1.807, 2.05) is 0 Å². The van der Waals surface area contributed by atoms with Crippen LogP contribution in [0.4, 0.5) is 0 Å². The number of unbranched alkanes of at least 4 members (excludes halogenated alkanes) is 1. The summed E-state index contributed by atoms with van der Waals surface area (Å²) < 4.78 is 26.4. The van der Waals surface area contributed by atoms with E-state index < -0.39 is 10.0 Å². The summed E-state index contributed by atoms with van der Waals surface area (Å²) in [5.41, 5.74) is 0. The molecule has 0 aromatic heterocycles. The van der Waals surface area contributed by atoms with Crippen LogP contribution in [0.1, 0.15) is 44.9 Å². The molecule has 0 bridgehead atoms. The lowest BCUT2D eigenvalue weighted by Crippen LogP contribution is -2.36. The number of hydrogen-bond donors (Lipinski definition) is 1. The Morgan fingerprint density at radius 3 is 2.40 bits per heavy atom. The molecular formula is C10H20BrNO2S. The maximum Gasteiger partial charge on any atom is 0.214 e. The number of nitrogens with one attached hydrogen (secondary N) is 1. The Morgan fingerprint density at radius 1 is 1.13 bits per heavy atom. The lowest BCUT2D eigenvalue weighted by Gasteiger charge is -2.21. The molecule has 0 aromatic carbocycles. The van der Waals surface area contributed by atoms with Gasteiger partial charge in [0.25, 0.3) is 0 Å². The third kappa shape index (κ3) is 4.83. The molecule has 5 heteroatoms. The highest BCUT2D eigenvalue weighted by molar-refractivity contribution is 9.09. The Labute approximate surface area is 101 Å². The second kappa shape index (κ2) is 6.86. The second-order valence-electron chi connectivity index (χ2n) is 4.10.